The zero-order chi connectivity index (χ0) is 14.7. The Morgan fingerprint density at radius 3 is 2.50 bits per heavy atom. The fraction of sp³-hybridized carbons (Fsp3) is 0.250. The summed E-state index contributed by atoms with van der Waals surface area (Å²) in [4.78, 5) is 18.4. The van der Waals surface area contributed by atoms with Gasteiger partial charge in [-0.2, -0.15) is 0 Å². The highest BCUT2D eigenvalue weighted by atomic mass is 16.1. The number of pyridine rings is 1. The number of hydrogen-bond acceptors (Lipinski definition) is 3. The van der Waals surface area contributed by atoms with E-state index in [1.165, 1.54) is 0 Å². The zero-order valence-electron chi connectivity index (χ0n) is 12.3. The quantitative estimate of drug-likeness (QED) is 0.931. The number of nitrogens with zero attached hydrogens (tertiary/aromatic N) is 2. The van der Waals surface area contributed by atoms with E-state index in [4.69, 9.17) is 0 Å². The molecule has 1 heterocycles. The van der Waals surface area contributed by atoms with E-state index in [-0.39, 0.29) is 5.91 Å². The molecule has 1 N–H and O–H groups in total. The first-order valence-corrected chi connectivity index (χ1v) is 6.49. The molecular formula is C16H19N3O. The molecule has 104 valence electrons. The van der Waals surface area contributed by atoms with Crippen molar-refractivity contribution in [2.24, 2.45) is 0 Å². The van der Waals surface area contributed by atoms with Crippen LogP contribution < -0.4 is 10.2 Å². The molecule has 1 aromatic carbocycles. The maximum atomic E-state index is 12.2. The van der Waals surface area contributed by atoms with Crippen LogP contribution in [0, 0.1) is 13.8 Å². The Hall–Kier alpha value is -2.36. The summed E-state index contributed by atoms with van der Waals surface area (Å²) < 4.78 is 0. The fourth-order valence-electron chi connectivity index (χ4n) is 2.13. The molecule has 4 nitrogen and oxygen atoms in total. The molecule has 0 fully saturated rings. The van der Waals surface area contributed by atoms with Crippen molar-refractivity contribution >= 4 is 17.3 Å². The maximum absolute atomic E-state index is 12.2. The summed E-state index contributed by atoms with van der Waals surface area (Å²) in [6.07, 6.45) is 1.69. The Balaban J connectivity index is 2.19. The van der Waals surface area contributed by atoms with E-state index < -0.39 is 0 Å². The molecule has 0 atom stereocenters. The van der Waals surface area contributed by atoms with Gasteiger partial charge in [0.1, 0.15) is 0 Å². The molecule has 1 aromatic heterocycles. The highest BCUT2D eigenvalue weighted by molar-refractivity contribution is 6.04. The number of hydrogen-bond donors (Lipinski definition) is 1. The van der Waals surface area contributed by atoms with E-state index in [0.29, 0.717) is 5.56 Å². The van der Waals surface area contributed by atoms with Crippen LogP contribution in [0.2, 0.25) is 0 Å². The first-order valence-electron chi connectivity index (χ1n) is 6.49. The maximum Gasteiger partial charge on any atom is 0.255 e. The van der Waals surface area contributed by atoms with Crippen molar-refractivity contribution in [2.45, 2.75) is 13.8 Å². The predicted octanol–water partition coefficient (Wildman–Crippen LogP) is 3.02. The van der Waals surface area contributed by atoms with Crippen LogP contribution in [0.1, 0.15) is 21.6 Å². The summed E-state index contributed by atoms with van der Waals surface area (Å²) in [5, 5.41) is 2.88. The highest BCUT2D eigenvalue weighted by Gasteiger charge is 2.09. The van der Waals surface area contributed by atoms with Crippen LogP contribution in [-0.2, 0) is 0 Å². The highest BCUT2D eigenvalue weighted by Crippen LogP contribution is 2.20. The van der Waals surface area contributed by atoms with E-state index in [9.17, 15) is 4.79 Å². The third kappa shape index (κ3) is 3.15. The van der Waals surface area contributed by atoms with E-state index in [1.807, 2.05) is 57.1 Å². The molecule has 0 bridgehead atoms. The van der Waals surface area contributed by atoms with Crippen molar-refractivity contribution in [2.75, 3.05) is 24.3 Å². The van der Waals surface area contributed by atoms with Gasteiger partial charge >= 0.3 is 0 Å². The van der Waals surface area contributed by atoms with Crippen LogP contribution in [0.3, 0.4) is 0 Å². The lowest BCUT2D eigenvalue weighted by Crippen LogP contribution is -2.14. The number of aryl methyl sites for hydroxylation is 2. The zero-order valence-corrected chi connectivity index (χ0v) is 12.3. The van der Waals surface area contributed by atoms with Gasteiger partial charge in [-0.3, -0.25) is 9.78 Å². The minimum Gasteiger partial charge on any atom is -0.377 e. The van der Waals surface area contributed by atoms with E-state index in [2.05, 4.69) is 10.3 Å². The number of amides is 1. The third-order valence-corrected chi connectivity index (χ3v) is 3.10. The number of carbonyl (C=O) groups is 1. The van der Waals surface area contributed by atoms with Crippen molar-refractivity contribution in [3.05, 3.63) is 53.3 Å². The average molecular weight is 269 g/mol. The fourth-order valence-corrected chi connectivity index (χ4v) is 2.13. The van der Waals surface area contributed by atoms with Crippen molar-refractivity contribution in [3.8, 4) is 0 Å². The molecule has 0 aliphatic heterocycles. The van der Waals surface area contributed by atoms with Crippen LogP contribution >= 0.6 is 0 Å². The first kappa shape index (κ1) is 14.1. The van der Waals surface area contributed by atoms with Crippen LogP contribution in [0.25, 0.3) is 0 Å². The molecule has 2 rings (SSSR count). The molecule has 1 amide bonds. The lowest BCUT2D eigenvalue weighted by molar-refractivity contribution is 0.102. The lowest BCUT2D eigenvalue weighted by Gasteiger charge is -2.16. The van der Waals surface area contributed by atoms with Crippen molar-refractivity contribution in [3.63, 3.8) is 0 Å². The van der Waals surface area contributed by atoms with Gasteiger partial charge in [0.25, 0.3) is 5.91 Å². The van der Waals surface area contributed by atoms with Crippen LogP contribution in [-0.4, -0.2) is 25.0 Å². The van der Waals surface area contributed by atoms with Gasteiger partial charge in [-0.1, -0.05) is 0 Å². The number of anilines is 2. The number of nitrogens with one attached hydrogen (secondary N) is 1. The first-order chi connectivity index (χ1) is 9.47. The normalized spacial score (nSPS) is 10.2. The summed E-state index contributed by atoms with van der Waals surface area (Å²) in [5.41, 5.74) is 4.48. The van der Waals surface area contributed by atoms with Gasteiger partial charge in [0.15, 0.2) is 0 Å². The van der Waals surface area contributed by atoms with E-state index in [1.54, 1.807) is 12.3 Å². The Bertz CT molecular complexity index is 635. The van der Waals surface area contributed by atoms with Gasteiger partial charge in [-0.15, -0.1) is 0 Å². The van der Waals surface area contributed by atoms with Gasteiger partial charge in [0, 0.05) is 42.9 Å². The molecule has 2 aromatic rings. The van der Waals surface area contributed by atoms with Crippen LogP contribution in [0.15, 0.2) is 36.5 Å². The molecule has 4 heteroatoms. The molecule has 20 heavy (non-hydrogen) atoms. The van der Waals surface area contributed by atoms with Gasteiger partial charge in [-0.25, -0.2) is 0 Å². The van der Waals surface area contributed by atoms with Crippen molar-refractivity contribution in [1.82, 2.24) is 4.98 Å². The second kappa shape index (κ2) is 5.74. The Morgan fingerprint density at radius 1 is 1.15 bits per heavy atom. The minimum atomic E-state index is -0.107. The minimum absolute atomic E-state index is 0.107. The molecule has 0 saturated carbocycles. The monoisotopic (exact) mass is 269 g/mol. The van der Waals surface area contributed by atoms with Crippen LogP contribution in [0.4, 0.5) is 11.4 Å². The molecular weight excluding hydrogens is 250 g/mol. The van der Waals surface area contributed by atoms with Crippen LogP contribution in [0.5, 0.6) is 0 Å². The number of benzene rings is 1. The lowest BCUT2D eigenvalue weighted by atomic mass is 10.1. The van der Waals surface area contributed by atoms with Crippen molar-refractivity contribution in [1.29, 1.82) is 0 Å². The molecule has 0 saturated heterocycles. The standard InChI is InChI=1S/C16H19N3O/c1-11-9-13(5-6-15(11)19(3)4)16(20)18-14-7-8-17-12(2)10-14/h5-10H,1-4H3,(H,17,18,20). The van der Waals surface area contributed by atoms with E-state index >= 15 is 0 Å². The topological polar surface area (TPSA) is 45.2 Å². The second-order valence-corrected chi connectivity index (χ2v) is 5.04. The number of rotatable bonds is 3. The van der Waals surface area contributed by atoms with Gasteiger partial charge < -0.3 is 10.2 Å². The number of carbonyl (C=O) groups excluding carboxylic acids is 1. The van der Waals surface area contributed by atoms with E-state index in [0.717, 1.165) is 22.6 Å². The molecule has 0 aliphatic carbocycles. The van der Waals surface area contributed by atoms with Gasteiger partial charge in [-0.05, 0) is 49.7 Å². The Kier molecular flexibility index (Phi) is 4.03. The smallest absolute Gasteiger partial charge is 0.255 e. The summed E-state index contributed by atoms with van der Waals surface area (Å²) in [6.45, 7) is 3.90. The van der Waals surface area contributed by atoms with Gasteiger partial charge in [0.05, 0.1) is 0 Å². The number of aromatic nitrogens is 1. The molecule has 0 aliphatic rings. The Labute approximate surface area is 119 Å². The van der Waals surface area contributed by atoms with Gasteiger partial charge in [0.2, 0.25) is 0 Å². The SMILES string of the molecule is Cc1cc(NC(=O)c2ccc(N(C)C)c(C)c2)ccn1. The summed E-state index contributed by atoms with van der Waals surface area (Å²) >= 11 is 0. The second-order valence-electron chi connectivity index (χ2n) is 5.04. The summed E-state index contributed by atoms with van der Waals surface area (Å²) in [7, 11) is 3.98. The third-order valence-electron chi connectivity index (χ3n) is 3.10. The summed E-state index contributed by atoms with van der Waals surface area (Å²) in [6, 6.07) is 9.33. The largest absolute Gasteiger partial charge is 0.377 e. The van der Waals surface area contributed by atoms with Crippen molar-refractivity contribution < 1.29 is 4.79 Å². The molecule has 0 spiro atoms. The summed E-state index contributed by atoms with van der Waals surface area (Å²) in [5.74, 6) is -0.107. The molecule has 0 unspecified atom stereocenters. The Morgan fingerprint density at radius 2 is 1.90 bits per heavy atom. The average Bonchev–Trinajstić information content (AvgIpc) is 2.38. The predicted molar refractivity (Wildman–Crippen MR) is 82.4 cm³/mol. The molecule has 0 radical (unpaired) electrons.